The molecule has 0 fully saturated rings. The molecule has 3 rings (SSSR count). The normalized spacial score (nSPS) is 10.6. The third-order valence-corrected chi connectivity index (χ3v) is 3.79. The van der Waals surface area contributed by atoms with Crippen LogP contribution in [0, 0.1) is 5.21 Å². The molecule has 0 bridgehead atoms. The number of hydrogen-bond acceptors (Lipinski definition) is 4. The number of ether oxygens (including phenoxy) is 2. The number of aromatic nitrogens is 1. The lowest BCUT2D eigenvalue weighted by Crippen LogP contribution is -2.28. The van der Waals surface area contributed by atoms with E-state index < -0.39 is 5.97 Å². The lowest BCUT2D eigenvalue weighted by molar-refractivity contribution is -0.576. The van der Waals surface area contributed by atoms with E-state index >= 15 is 0 Å². The fraction of sp³-hybridized carbons (Fsp3) is 0.158. The smallest absolute Gasteiger partial charge is 0.339 e. The Morgan fingerprint density at radius 3 is 2.58 bits per heavy atom. The maximum absolute atomic E-state index is 12.6. The first-order valence-electron chi connectivity index (χ1n) is 7.62. The first kappa shape index (κ1) is 15.8. The fourth-order valence-corrected chi connectivity index (χ4v) is 2.69. The van der Waals surface area contributed by atoms with E-state index in [0.717, 1.165) is 10.3 Å². The highest BCUT2D eigenvalue weighted by Crippen LogP contribution is 2.30. The molecule has 0 unspecified atom stereocenters. The summed E-state index contributed by atoms with van der Waals surface area (Å²) in [6.45, 7) is 2.00. The van der Waals surface area contributed by atoms with Gasteiger partial charge in [0.15, 0.2) is 6.20 Å². The summed E-state index contributed by atoms with van der Waals surface area (Å²) in [6.07, 6.45) is 1.41. The van der Waals surface area contributed by atoms with Crippen LogP contribution in [0.3, 0.4) is 0 Å². The second kappa shape index (κ2) is 6.58. The van der Waals surface area contributed by atoms with Gasteiger partial charge in [-0.1, -0.05) is 30.3 Å². The topological polar surface area (TPSA) is 62.5 Å². The second-order valence-corrected chi connectivity index (χ2v) is 5.21. The Bertz CT molecular complexity index is 891. The van der Waals surface area contributed by atoms with Crippen molar-refractivity contribution in [2.75, 3.05) is 13.7 Å². The van der Waals surface area contributed by atoms with Crippen molar-refractivity contribution >= 4 is 16.9 Å². The zero-order valence-electron chi connectivity index (χ0n) is 13.5. The van der Waals surface area contributed by atoms with Crippen LogP contribution in [0.25, 0.3) is 22.0 Å². The number of hydrogen-bond donors (Lipinski definition) is 0. The van der Waals surface area contributed by atoms with E-state index in [0.29, 0.717) is 27.8 Å². The molecule has 0 saturated heterocycles. The third-order valence-electron chi connectivity index (χ3n) is 3.79. The molecule has 0 atom stereocenters. The average molecular weight is 323 g/mol. The summed E-state index contributed by atoms with van der Waals surface area (Å²) < 4.78 is 11.2. The van der Waals surface area contributed by atoms with Crippen molar-refractivity contribution < 1.29 is 19.0 Å². The largest absolute Gasteiger partial charge is 0.618 e. The second-order valence-electron chi connectivity index (χ2n) is 5.21. The van der Waals surface area contributed by atoms with Gasteiger partial charge in [0, 0.05) is 6.07 Å². The number of carbonyl (C=O) groups is 1. The van der Waals surface area contributed by atoms with Gasteiger partial charge in [-0.2, -0.15) is 4.73 Å². The van der Waals surface area contributed by atoms with Crippen LogP contribution in [0.2, 0.25) is 0 Å². The van der Waals surface area contributed by atoms with Gasteiger partial charge in [0.05, 0.1) is 30.2 Å². The van der Waals surface area contributed by atoms with Gasteiger partial charge in [-0.05, 0) is 24.6 Å². The summed E-state index contributed by atoms with van der Waals surface area (Å²) in [4.78, 5) is 12.6. The van der Waals surface area contributed by atoms with Crippen molar-refractivity contribution in [3.05, 3.63) is 65.5 Å². The Labute approximate surface area is 139 Å². The third kappa shape index (κ3) is 2.76. The van der Waals surface area contributed by atoms with E-state index in [2.05, 4.69) is 0 Å². The lowest BCUT2D eigenvalue weighted by Gasteiger charge is -2.13. The molecule has 24 heavy (non-hydrogen) atoms. The minimum Gasteiger partial charge on any atom is -0.618 e. The van der Waals surface area contributed by atoms with Gasteiger partial charge in [-0.25, -0.2) is 4.79 Å². The molecule has 0 aliphatic carbocycles. The summed E-state index contributed by atoms with van der Waals surface area (Å²) in [7, 11) is 1.54. The Morgan fingerprint density at radius 1 is 1.17 bits per heavy atom. The Hall–Kier alpha value is -3.08. The van der Waals surface area contributed by atoms with Gasteiger partial charge in [0.25, 0.3) is 0 Å². The van der Waals surface area contributed by atoms with Gasteiger partial charge < -0.3 is 14.7 Å². The summed E-state index contributed by atoms with van der Waals surface area (Å²) in [5, 5.41) is 12.9. The zero-order valence-corrected chi connectivity index (χ0v) is 13.5. The molecule has 122 valence electrons. The van der Waals surface area contributed by atoms with Crippen LogP contribution in [0.15, 0.2) is 54.7 Å². The van der Waals surface area contributed by atoms with Crippen LogP contribution in [-0.2, 0) is 4.74 Å². The van der Waals surface area contributed by atoms with E-state index in [-0.39, 0.29) is 6.61 Å². The number of benzene rings is 2. The zero-order chi connectivity index (χ0) is 17.1. The highest BCUT2D eigenvalue weighted by Gasteiger charge is 2.23. The Balaban J connectivity index is 2.38. The van der Waals surface area contributed by atoms with Crippen LogP contribution in [0.1, 0.15) is 17.3 Å². The van der Waals surface area contributed by atoms with E-state index in [9.17, 15) is 10.0 Å². The first-order valence-corrected chi connectivity index (χ1v) is 7.62. The molecule has 1 heterocycles. The molecule has 2 aromatic carbocycles. The molecule has 0 aliphatic rings. The van der Waals surface area contributed by atoms with E-state index in [4.69, 9.17) is 9.47 Å². The standard InChI is InChI=1S/C19H17NO4/c1-3-24-19(21)18-15-11-14(23-2)9-10-17(15)20(22)12-16(18)13-7-5-4-6-8-13/h4-12H,3H2,1-2H3. The predicted octanol–water partition coefficient (Wildman–Crippen LogP) is 3.33. The quantitative estimate of drug-likeness (QED) is 0.420. The Kier molecular flexibility index (Phi) is 4.33. The molecule has 0 spiro atoms. The van der Waals surface area contributed by atoms with Crippen LogP contribution < -0.4 is 9.47 Å². The molecule has 0 aliphatic heterocycles. The molecule has 0 N–H and O–H groups in total. The summed E-state index contributed by atoms with van der Waals surface area (Å²) in [5.74, 6) is 0.105. The van der Waals surface area contributed by atoms with Crippen LogP contribution in [0.4, 0.5) is 0 Å². The predicted molar refractivity (Wildman–Crippen MR) is 90.9 cm³/mol. The highest BCUT2D eigenvalue weighted by atomic mass is 16.5. The lowest BCUT2D eigenvalue weighted by atomic mass is 9.97. The maximum Gasteiger partial charge on any atom is 0.339 e. The number of esters is 1. The van der Waals surface area contributed by atoms with Crippen molar-refractivity contribution in [2.24, 2.45) is 0 Å². The van der Waals surface area contributed by atoms with Crippen molar-refractivity contribution in [3.8, 4) is 16.9 Å². The van der Waals surface area contributed by atoms with Crippen LogP contribution >= 0.6 is 0 Å². The van der Waals surface area contributed by atoms with Crippen molar-refractivity contribution in [2.45, 2.75) is 6.92 Å². The molecule has 5 heteroatoms. The SMILES string of the molecule is CCOC(=O)c1c(-c2ccccc2)c[n+]([O-])c2ccc(OC)cc12. The fourth-order valence-electron chi connectivity index (χ4n) is 2.69. The van der Waals surface area contributed by atoms with Gasteiger partial charge in [-0.15, -0.1) is 0 Å². The number of fused-ring (bicyclic) bond motifs is 1. The van der Waals surface area contributed by atoms with Gasteiger partial charge in [0.1, 0.15) is 5.75 Å². The first-order chi connectivity index (χ1) is 11.7. The molecular weight excluding hydrogens is 306 g/mol. The number of nitrogens with zero attached hydrogens (tertiary/aromatic N) is 1. The van der Waals surface area contributed by atoms with Crippen LogP contribution in [-0.4, -0.2) is 19.7 Å². The Morgan fingerprint density at radius 2 is 1.92 bits per heavy atom. The molecule has 5 nitrogen and oxygen atoms in total. The van der Waals surface area contributed by atoms with Gasteiger partial charge in [-0.3, -0.25) is 0 Å². The van der Waals surface area contributed by atoms with Gasteiger partial charge in [0.2, 0.25) is 5.52 Å². The minimum absolute atomic E-state index is 0.255. The molecule has 0 radical (unpaired) electrons. The van der Waals surface area contributed by atoms with Crippen molar-refractivity contribution in [1.29, 1.82) is 0 Å². The average Bonchev–Trinajstić information content (AvgIpc) is 2.62. The highest BCUT2D eigenvalue weighted by molar-refractivity contribution is 6.08. The molecule has 0 saturated carbocycles. The number of rotatable bonds is 4. The number of pyridine rings is 1. The van der Waals surface area contributed by atoms with Crippen molar-refractivity contribution in [3.63, 3.8) is 0 Å². The summed E-state index contributed by atoms with van der Waals surface area (Å²) >= 11 is 0. The van der Waals surface area contributed by atoms with E-state index in [1.165, 1.54) is 13.3 Å². The van der Waals surface area contributed by atoms with Gasteiger partial charge >= 0.3 is 5.97 Å². The molecule has 1 aromatic heterocycles. The number of carbonyl (C=O) groups excluding carboxylic acids is 1. The number of methoxy groups -OCH3 is 1. The maximum atomic E-state index is 12.6. The molecule has 0 amide bonds. The van der Waals surface area contributed by atoms with Crippen molar-refractivity contribution in [1.82, 2.24) is 0 Å². The van der Waals surface area contributed by atoms with E-state index in [1.54, 1.807) is 25.1 Å². The van der Waals surface area contributed by atoms with Crippen LogP contribution in [0.5, 0.6) is 5.75 Å². The van der Waals surface area contributed by atoms with E-state index in [1.807, 2.05) is 30.3 Å². The monoisotopic (exact) mass is 323 g/mol. The molecule has 3 aromatic rings. The summed E-state index contributed by atoms with van der Waals surface area (Å²) in [5.41, 5.74) is 2.06. The minimum atomic E-state index is -0.463. The molecular formula is C19H17NO4. The summed E-state index contributed by atoms with van der Waals surface area (Å²) in [6, 6.07) is 14.3.